The lowest BCUT2D eigenvalue weighted by molar-refractivity contribution is 0.348. The summed E-state index contributed by atoms with van der Waals surface area (Å²) in [4.78, 5) is 4.17. The van der Waals surface area contributed by atoms with Crippen LogP contribution in [0.3, 0.4) is 0 Å². The van der Waals surface area contributed by atoms with Crippen LogP contribution in [-0.4, -0.2) is 33.9 Å². The van der Waals surface area contributed by atoms with Gasteiger partial charge in [-0.2, -0.15) is 4.31 Å². The van der Waals surface area contributed by atoms with Crippen molar-refractivity contribution in [2.75, 3.05) is 5.75 Å². The molecule has 2 heterocycles. The minimum Gasteiger partial charge on any atom is -0.307 e. The molecule has 19 heavy (non-hydrogen) atoms. The van der Waals surface area contributed by atoms with Crippen molar-refractivity contribution < 1.29 is 8.42 Å². The summed E-state index contributed by atoms with van der Waals surface area (Å²) in [7, 11) is -3.19. The van der Waals surface area contributed by atoms with E-state index in [9.17, 15) is 8.42 Å². The van der Waals surface area contributed by atoms with Gasteiger partial charge in [-0.3, -0.25) is 0 Å². The minimum absolute atomic E-state index is 0.0524. The largest absolute Gasteiger partial charge is 0.307 e. The first-order valence-electron chi connectivity index (χ1n) is 6.35. The van der Waals surface area contributed by atoms with Crippen molar-refractivity contribution in [3.63, 3.8) is 0 Å². The molecular weight excluding hydrogens is 262 g/mol. The lowest BCUT2D eigenvalue weighted by Gasteiger charge is -2.25. The number of hydrogen-bond acceptors (Lipinski definition) is 3. The number of pyridine rings is 1. The number of hydrogen-bond donors (Lipinski definition) is 0. The van der Waals surface area contributed by atoms with Gasteiger partial charge in [-0.25, -0.2) is 13.4 Å². The van der Waals surface area contributed by atoms with Crippen LogP contribution < -0.4 is 0 Å². The molecule has 0 radical (unpaired) electrons. The second-order valence-electron chi connectivity index (χ2n) is 4.77. The van der Waals surface area contributed by atoms with E-state index in [1.165, 1.54) is 4.31 Å². The van der Waals surface area contributed by atoms with Gasteiger partial charge >= 0.3 is 0 Å². The molecule has 0 aliphatic heterocycles. The maximum Gasteiger partial charge on any atom is 0.214 e. The van der Waals surface area contributed by atoms with Gasteiger partial charge in [0, 0.05) is 31.2 Å². The molecule has 5 nitrogen and oxygen atoms in total. The second kappa shape index (κ2) is 5.30. The van der Waals surface area contributed by atoms with Crippen LogP contribution in [0.2, 0.25) is 0 Å². The molecule has 0 saturated carbocycles. The van der Waals surface area contributed by atoms with Crippen LogP contribution in [0.5, 0.6) is 0 Å². The Labute approximate surface area is 113 Å². The van der Waals surface area contributed by atoms with Gasteiger partial charge in [0.05, 0.1) is 5.75 Å². The third-order valence-electron chi connectivity index (χ3n) is 3.09. The first-order valence-corrected chi connectivity index (χ1v) is 7.96. The molecule has 0 aliphatic carbocycles. The second-order valence-corrected chi connectivity index (χ2v) is 6.98. The van der Waals surface area contributed by atoms with Crippen molar-refractivity contribution >= 4 is 15.7 Å². The highest BCUT2D eigenvalue weighted by molar-refractivity contribution is 7.89. The van der Waals surface area contributed by atoms with Crippen molar-refractivity contribution in [3.8, 4) is 0 Å². The van der Waals surface area contributed by atoms with Crippen molar-refractivity contribution in [1.82, 2.24) is 13.7 Å². The van der Waals surface area contributed by atoms with E-state index in [0.29, 0.717) is 6.54 Å². The van der Waals surface area contributed by atoms with Crippen LogP contribution >= 0.6 is 0 Å². The molecule has 0 saturated heterocycles. The highest BCUT2D eigenvalue weighted by Gasteiger charge is 2.23. The number of sulfonamides is 1. The van der Waals surface area contributed by atoms with Crippen LogP contribution in [0, 0.1) is 0 Å². The lowest BCUT2D eigenvalue weighted by Crippen LogP contribution is -2.37. The van der Waals surface area contributed by atoms with Crippen LogP contribution in [0.1, 0.15) is 26.3 Å². The molecular formula is C13H19N3O2S. The minimum atomic E-state index is -3.19. The molecule has 6 heteroatoms. The number of imidazole rings is 1. The Morgan fingerprint density at radius 2 is 2.11 bits per heavy atom. The highest BCUT2D eigenvalue weighted by atomic mass is 32.2. The molecule has 0 aromatic carbocycles. The van der Waals surface area contributed by atoms with E-state index in [0.717, 1.165) is 11.2 Å². The Balaban J connectivity index is 2.31. The first-order chi connectivity index (χ1) is 8.94. The van der Waals surface area contributed by atoms with Gasteiger partial charge in [0.2, 0.25) is 10.0 Å². The van der Waals surface area contributed by atoms with Crippen LogP contribution in [0.15, 0.2) is 30.7 Å². The summed E-state index contributed by atoms with van der Waals surface area (Å²) < 4.78 is 27.6. The Morgan fingerprint density at radius 3 is 2.74 bits per heavy atom. The number of rotatable bonds is 5. The Kier molecular flexibility index (Phi) is 3.91. The fourth-order valence-electron chi connectivity index (χ4n) is 2.01. The van der Waals surface area contributed by atoms with E-state index in [4.69, 9.17) is 0 Å². The summed E-state index contributed by atoms with van der Waals surface area (Å²) >= 11 is 0. The van der Waals surface area contributed by atoms with E-state index in [1.54, 1.807) is 13.1 Å². The quantitative estimate of drug-likeness (QED) is 0.841. The average molecular weight is 281 g/mol. The summed E-state index contributed by atoms with van der Waals surface area (Å²) in [6.45, 7) is 5.84. The SMILES string of the molecule is CCS(=O)(=O)N(Cc1ccc2nccn2c1)C(C)C. The molecule has 0 fully saturated rings. The fraction of sp³-hybridized carbons (Fsp3) is 0.462. The van der Waals surface area contributed by atoms with Crippen molar-refractivity contribution in [2.45, 2.75) is 33.4 Å². The smallest absolute Gasteiger partial charge is 0.214 e. The van der Waals surface area contributed by atoms with E-state index < -0.39 is 10.0 Å². The summed E-state index contributed by atoms with van der Waals surface area (Å²) in [6.07, 6.45) is 5.50. The molecule has 0 aliphatic rings. The molecule has 2 aromatic heterocycles. The maximum atomic E-state index is 12.1. The van der Waals surface area contributed by atoms with Crippen LogP contribution in [0.4, 0.5) is 0 Å². The Morgan fingerprint density at radius 1 is 1.37 bits per heavy atom. The molecule has 0 bridgehead atoms. The van der Waals surface area contributed by atoms with E-state index >= 15 is 0 Å². The van der Waals surface area contributed by atoms with Crippen molar-refractivity contribution in [3.05, 3.63) is 36.3 Å². The molecule has 2 aromatic rings. The monoisotopic (exact) mass is 281 g/mol. The third kappa shape index (κ3) is 2.96. The number of fused-ring (bicyclic) bond motifs is 1. The van der Waals surface area contributed by atoms with E-state index in [1.807, 2.05) is 42.8 Å². The van der Waals surface area contributed by atoms with Gasteiger partial charge < -0.3 is 4.40 Å². The zero-order valence-corrected chi connectivity index (χ0v) is 12.3. The molecule has 104 valence electrons. The van der Waals surface area contributed by atoms with Gasteiger partial charge in [0.15, 0.2) is 0 Å². The predicted molar refractivity (Wildman–Crippen MR) is 75.3 cm³/mol. The highest BCUT2D eigenvalue weighted by Crippen LogP contribution is 2.14. The predicted octanol–water partition coefficient (Wildman–Crippen LogP) is 1.89. The zero-order chi connectivity index (χ0) is 14.0. The molecule has 0 atom stereocenters. The van der Waals surface area contributed by atoms with Gasteiger partial charge in [-0.15, -0.1) is 0 Å². The molecule has 0 amide bonds. The Bertz CT molecular complexity index is 661. The number of nitrogens with zero attached hydrogens (tertiary/aromatic N) is 3. The summed E-state index contributed by atoms with van der Waals surface area (Å²) in [6, 6.07) is 3.76. The van der Waals surface area contributed by atoms with Gasteiger partial charge in [-0.05, 0) is 32.4 Å². The van der Waals surface area contributed by atoms with Crippen LogP contribution in [0.25, 0.3) is 5.65 Å². The Hall–Kier alpha value is -1.40. The fourth-order valence-corrected chi connectivity index (χ4v) is 3.33. The molecule has 0 unspecified atom stereocenters. The standard InChI is InChI=1S/C13H19N3O2S/c1-4-19(17,18)16(11(2)3)10-12-5-6-13-14-7-8-15(13)9-12/h5-9,11H,4,10H2,1-3H3. The molecule has 2 rings (SSSR count). The zero-order valence-electron chi connectivity index (χ0n) is 11.4. The number of aromatic nitrogens is 2. The topological polar surface area (TPSA) is 54.7 Å². The third-order valence-corrected chi connectivity index (χ3v) is 5.08. The van der Waals surface area contributed by atoms with Gasteiger partial charge in [-0.1, -0.05) is 6.07 Å². The van der Waals surface area contributed by atoms with Crippen molar-refractivity contribution in [2.24, 2.45) is 0 Å². The van der Waals surface area contributed by atoms with Gasteiger partial charge in [0.25, 0.3) is 0 Å². The first kappa shape index (κ1) is 14.0. The maximum absolute atomic E-state index is 12.1. The summed E-state index contributed by atoms with van der Waals surface area (Å²) in [5, 5.41) is 0. The van der Waals surface area contributed by atoms with E-state index in [2.05, 4.69) is 4.98 Å². The van der Waals surface area contributed by atoms with E-state index in [-0.39, 0.29) is 11.8 Å². The molecule has 0 N–H and O–H groups in total. The summed E-state index contributed by atoms with van der Waals surface area (Å²) in [5.41, 5.74) is 1.81. The van der Waals surface area contributed by atoms with Crippen molar-refractivity contribution in [1.29, 1.82) is 0 Å². The molecule has 0 spiro atoms. The van der Waals surface area contributed by atoms with Crippen LogP contribution in [-0.2, 0) is 16.6 Å². The summed E-state index contributed by atoms with van der Waals surface area (Å²) in [5.74, 6) is 0.124. The lowest BCUT2D eigenvalue weighted by atomic mass is 10.2. The van der Waals surface area contributed by atoms with Gasteiger partial charge in [0.1, 0.15) is 5.65 Å². The average Bonchev–Trinajstić information content (AvgIpc) is 2.82. The normalized spacial score (nSPS) is 12.7.